The van der Waals surface area contributed by atoms with Crippen molar-refractivity contribution in [3.05, 3.63) is 47.5 Å². The fraction of sp³-hybridized carbons (Fsp3) is 0.267. The van der Waals surface area contributed by atoms with Crippen molar-refractivity contribution < 1.29 is 22.7 Å². The number of hydrogen-bond acceptors (Lipinski definition) is 6. The van der Waals surface area contributed by atoms with E-state index in [0.29, 0.717) is 24.0 Å². The average molecular weight is 366 g/mol. The van der Waals surface area contributed by atoms with E-state index in [9.17, 15) is 18.0 Å². The molecule has 0 radical (unpaired) electrons. The molecule has 0 fully saturated rings. The Kier molecular flexibility index (Phi) is 4.69. The van der Waals surface area contributed by atoms with E-state index >= 15 is 0 Å². The second-order valence-electron chi connectivity index (χ2n) is 5.10. The Morgan fingerprint density at radius 2 is 2.04 bits per heavy atom. The highest BCUT2D eigenvalue weighted by Gasteiger charge is 2.32. The maximum atomic E-state index is 12.5. The molecule has 0 saturated carbocycles. The maximum Gasteiger partial charge on any atom is 0.433 e. The highest BCUT2D eigenvalue weighted by atomic mass is 19.4. The zero-order valence-electron chi connectivity index (χ0n) is 13.5. The first-order valence-corrected chi connectivity index (χ1v) is 7.54. The summed E-state index contributed by atoms with van der Waals surface area (Å²) in [7, 11) is 0. The van der Waals surface area contributed by atoms with Crippen molar-refractivity contribution in [3.63, 3.8) is 0 Å². The number of carbonyl (C=O) groups is 1. The quantitative estimate of drug-likeness (QED) is 0.741. The fourth-order valence-electron chi connectivity index (χ4n) is 2.11. The van der Waals surface area contributed by atoms with Gasteiger partial charge in [0, 0.05) is 12.3 Å². The molecule has 3 aromatic heterocycles. The summed E-state index contributed by atoms with van der Waals surface area (Å²) < 4.78 is 44.2. The lowest BCUT2D eigenvalue weighted by Crippen LogP contribution is -2.24. The summed E-state index contributed by atoms with van der Waals surface area (Å²) in [6.07, 6.45) is -3.69. The van der Waals surface area contributed by atoms with E-state index in [1.54, 1.807) is 12.1 Å². The Hall–Kier alpha value is -3.24. The minimum atomic E-state index is -4.56. The van der Waals surface area contributed by atoms with Crippen LogP contribution < -0.4 is 10.1 Å². The van der Waals surface area contributed by atoms with Gasteiger partial charge in [0.1, 0.15) is 5.69 Å². The van der Waals surface area contributed by atoms with E-state index in [1.807, 2.05) is 6.92 Å². The molecule has 0 bridgehead atoms. The molecule has 3 rings (SSSR count). The largest absolute Gasteiger partial charge is 0.477 e. The molecule has 3 aromatic rings. The van der Waals surface area contributed by atoms with E-state index in [1.165, 1.54) is 4.52 Å². The van der Waals surface area contributed by atoms with Crippen molar-refractivity contribution in [3.8, 4) is 5.88 Å². The molecular weight excluding hydrogens is 353 g/mol. The van der Waals surface area contributed by atoms with Gasteiger partial charge in [-0.05, 0) is 25.1 Å². The zero-order chi connectivity index (χ0) is 18.7. The van der Waals surface area contributed by atoms with Gasteiger partial charge in [0.25, 0.3) is 5.91 Å². The highest BCUT2D eigenvalue weighted by molar-refractivity contribution is 5.93. The van der Waals surface area contributed by atoms with Gasteiger partial charge in [-0.25, -0.2) is 0 Å². The number of amides is 1. The van der Waals surface area contributed by atoms with Crippen LogP contribution in [-0.2, 0) is 12.7 Å². The number of hydrogen-bond donors (Lipinski definition) is 1. The van der Waals surface area contributed by atoms with Crippen molar-refractivity contribution in [1.82, 2.24) is 30.1 Å². The molecule has 26 heavy (non-hydrogen) atoms. The van der Waals surface area contributed by atoms with Gasteiger partial charge in [-0.15, -0.1) is 15.3 Å². The zero-order valence-corrected chi connectivity index (χ0v) is 13.5. The van der Waals surface area contributed by atoms with Crippen LogP contribution >= 0.6 is 0 Å². The summed E-state index contributed by atoms with van der Waals surface area (Å²) in [5, 5.41) is 14.6. The summed E-state index contributed by atoms with van der Waals surface area (Å²) in [4.78, 5) is 15.3. The van der Waals surface area contributed by atoms with Crippen LogP contribution in [0.5, 0.6) is 5.88 Å². The molecule has 0 saturated heterocycles. The summed E-state index contributed by atoms with van der Waals surface area (Å²) in [6.45, 7) is 2.23. The molecule has 1 amide bonds. The van der Waals surface area contributed by atoms with Crippen LogP contribution in [0.1, 0.15) is 28.8 Å². The molecule has 136 valence electrons. The van der Waals surface area contributed by atoms with Gasteiger partial charge in [-0.2, -0.15) is 17.7 Å². The average Bonchev–Trinajstić information content (AvgIpc) is 3.02. The Labute approximate surface area is 145 Å². The summed E-state index contributed by atoms with van der Waals surface area (Å²) in [6, 6.07) is 5.11. The molecule has 8 nitrogen and oxygen atoms in total. The van der Waals surface area contributed by atoms with Crippen LogP contribution in [0.4, 0.5) is 13.2 Å². The summed E-state index contributed by atoms with van der Waals surface area (Å²) in [5.74, 6) is 0.123. The highest BCUT2D eigenvalue weighted by Crippen LogP contribution is 2.27. The van der Waals surface area contributed by atoms with Gasteiger partial charge in [-0.1, -0.05) is 0 Å². The number of aromatic nitrogens is 5. The number of fused-ring (bicyclic) bond motifs is 1. The maximum absolute atomic E-state index is 12.5. The number of carbonyl (C=O) groups excluding carboxylic acids is 1. The first-order chi connectivity index (χ1) is 12.4. The molecule has 0 aromatic carbocycles. The van der Waals surface area contributed by atoms with Gasteiger partial charge < -0.3 is 10.1 Å². The van der Waals surface area contributed by atoms with Crippen molar-refractivity contribution in [2.45, 2.75) is 19.6 Å². The summed E-state index contributed by atoms with van der Waals surface area (Å²) in [5.41, 5.74) is -0.603. The lowest BCUT2D eigenvalue weighted by molar-refractivity contribution is -0.141. The van der Waals surface area contributed by atoms with Crippen molar-refractivity contribution in [2.24, 2.45) is 0 Å². The van der Waals surface area contributed by atoms with Gasteiger partial charge in [0.05, 0.1) is 18.7 Å². The van der Waals surface area contributed by atoms with Crippen LogP contribution in [0, 0.1) is 0 Å². The predicted molar refractivity (Wildman–Crippen MR) is 82.4 cm³/mol. The monoisotopic (exact) mass is 366 g/mol. The van der Waals surface area contributed by atoms with Gasteiger partial charge >= 0.3 is 6.18 Å². The first kappa shape index (κ1) is 17.6. The second kappa shape index (κ2) is 6.94. The van der Waals surface area contributed by atoms with Crippen molar-refractivity contribution >= 4 is 11.6 Å². The first-order valence-electron chi connectivity index (χ1n) is 7.54. The van der Waals surface area contributed by atoms with E-state index < -0.39 is 17.8 Å². The predicted octanol–water partition coefficient (Wildman–Crippen LogP) is 1.87. The topological polar surface area (TPSA) is 94.3 Å². The van der Waals surface area contributed by atoms with Crippen LogP contribution in [0.2, 0.25) is 0 Å². The summed E-state index contributed by atoms with van der Waals surface area (Å²) >= 11 is 0. The Balaban J connectivity index is 1.71. The Bertz CT molecular complexity index is 923. The standard InChI is InChI=1S/C15H13F3N6O2/c1-2-26-13-6-5-11-21-22-12(24(11)23-13)8-20-14(25)9-3-4-10(19-7-9)15(16,17)18/h3-7H,2,8H2,1H3,(H,20,25). The smallest absolute Gasteiger partial charge is 0.433 e. The molecule has 0 unspecified atom stereocenters. The number of alkyl halides is 3. The number of nitrogens with zero attached hydrogens (tertiary/aromatic N) is 5. The van der Waals surface area contributed by atoms with Crippen molar-refractivity contribution in [1.29, 1.82) is 0 Å². The Morgan fingerprint density at radius 3 is 2.69 bits per heavy atom. The van der Waals surface area contributed by atoms with Crippen LogP contribution in [0.15, 0.2) is 30.5 Å². The van der Waals surface area contributed by atoms with Crippen LogP contribution in [-0.4, -0.2) is 37.3 Å². The van der Waals surface area contributed by atoms with E-state index in [0.717, 1.165) is 18.3 Å². The van der Waals surface area contributed by atoms with Crippen LogP contribution in [0.3, 0.4) is 0 Å². The molecule has 3 heterocycles. The minimum Gasteiger partial charge on any atom is -0.477 e. The fourth-order valence-corrected chi connectivity index (χ4v) is 2.11. The molecule has 1 N–H and O–H groups in total. The second-order valence-corrected chi connectivity index (χ2v) is 5.10. The third-order valence-electron chi connectivity index (χ3n) is 3.32. The Morgan fingerprint density at radius 1 is 1.23 bits per heavy atom. The molecular formula is C15H13F3N6O2. The molecule has 0 aliphatic carbocycles. The normalized spacial score (nSPS) is 11.5. The van der Waals surface area contributed by atoms with Gasteiger partial charge in [0.15, 0.2) is 11.5 Å². The van der Waals surface area contributed by atoms with Gasteiger partial charge in [-0.3, -0.25) is 9.78 Å². The number of pyridine rings is 1. The molecule has 0 atom stereocenters. The third kappa shape index (κ3) is 3.71. The van der Waals surface area contributed by atoms with E-state index in [2.05, 4.69) is 25.6 Å². The molecule has 11 heteroatoms. The van der Waals surface area contributed by atoms with Gasteiger partial charge in [0.2, 0.25) is 5.88 Å². The van der Waals surface area contributed by atoms with E-state index in [-0.39, 0.29) is 12.1 Å². The number of nitrogens with one attached hydrogen (secondary N) is 1. The SMILES string of the molecule is CCOc1ccc2nnc(CNC(=O)c3ccc(C(F)(F)F)nc3)n2n1. The third-order valence-corrected chi connectivity index (χ3v) is 3.32. The lowest BCUT2D eigenvalue weighted by atomic mass is 10.2. The molecule has 0 aliphatic heterocycles. The molecule has 0 spiro atoms. The lowest BCUT2D eigenvalue weighted by Gasteiger charge is -2.07. The van der Waals surface area contributed by atoms with Crippen LogP contribution in [0.25, 0.3) is 5.65 Å². The minimum absolute atomic E-state index is 0.00483. The molecule has 0 aliphatic rings. The number of rotatable bonds is 5. The van der Waals surface area contributed by atoms with E-state index in [4.69, 9.17) is 4.74 Å². The number of halogens is 3. The van der Waals surface area contributed by atoms with Crippen molar-refractivity contribution in [2.75, 3.05) is 6.61 Å². The number of ether oxygens (including phenoxy) is 1.